The van der Waals surface area contributed by atoms with Gasteiger partial charge in [-0.15, -0.1) is 0 Å². The average Bonchev–Trinajstić information content (AvgIpc) is 2.54. The summed E-state index contributed by atoms with van der Waals surface area (Å²) in [7, 11) is 1.58. The van der Waals surface area contributed by atoms with E-state index in [0.29, 0.717) is 12.8 Å². The van der Waals surface area contributed by atoms with Crippen LogP contribution in [0.4, 0.5) is 0 Å². The molecule has 21 heavy (non-hydrogen) atoms. The van der Waals surface area contributed by atoms with Gasteiger partial charge in [0.2, 0.25) is 0 Å². The number of nitrogens with one attached hydrogen (secondary N) is 1. The van der Waals surface area contributed by atoms with Gasteiger partial charge in [-0.25, -0.2) is 0 Å². The Morgan fingerprint density at radius 3 is 2.00 bits per heavy atom. The third-order valence-electron chi connectivity index (χ3n) is 5.32. The number of carbonyl (C=O) groups is 2. The van der Waals surface area contributed by atoms with Gasteiger partial charge >= 0.3 is 5.97 Å². The monoisotopic (exact) mass is 297 g/mol. The fourth-order valence-electron chi connectivity index (χ4n) is 3.75. The molecule has 0 atom stereocenters. The van der Waals surface area contributed by atoms with Crippen LogP contribution in [0, 0.1) is 5.41 Å². The fraction of sp³-hybridized carbons (Fsp3) is 0.875. The second-order valence-corrected chi connectivity index (χ2v) is 6.59. The maximum absolute atomic E-state index is 12.5. The van der Waals surface area contributed by atoms with Crippen LogP contribution in [0.5, 0.6) is 0 Å². The van der Waals surface area contributed by atoms with Crippen LogP contribution >= 0.6 is 0 Å². The topological polar surface area (TPSA) is 75.6 Å². The van der Waals surface area contributed by atoms with Crippen LogP contribution in [0.15, 0.2) is 0 Å². The SMILES string of the molecule is COC1(C(=O)NCC2(C(=O)O)CCCCC2)CCCCC1. The maximum Gasteiger partial charge on any atom is 0.311 e. The summed E-state index contributed by atoms with van der Waals surface area (Å²) in [5, 5.41) is 12.4. The molecule has 0 unspecified atom stereocenters. The van der Waals surface area contributed by atoms with Crippen molar-refractivity contribution in [3.63, 3.8) is 0 Å². The number of carbonyl (C=O) groups excluding carboxylic acids is 1. The second-order valence-electron chi connectivity index (χ2n) is 6.59. The Kier molecular flexibility index (Phi) is 5.25. The molecule has 0 aromatic carbocycles. The maximum atomic E-state index is 12.5. The summed E-state index contributed by atoms with van der Waals surface area (Å²) in [5.41, 5.74) is -1.52. The minimum Gasteiger partial charge on any atom is -0.481 e. The lowest BCUT2D eigenvalue weighted by Crippen LogP contribution is -2.53. The Balaban J connectivity index is 1.99. The van der Waals surface area contributed by atoms with Crippen LogP contribution in [0.1, 0.15) is 64.2 Å². The number of rotatable bonds is 5. The van der Waals surface area contributed by atoms with Crippen molar-refractivity contribution in [2.24, 2.45) is 5.41 Å². The van der Waals surface area contributed by atoms with E-state index in [4.69, 9.17) is 4.74 Å². The smallest absolute Gasteiger partial charge is 0.311 e. The highest BCUT2D eigenvalue weighted by atomic mass is 16.5. The lowest BCUT2D eigenvalue weighted by Gasteiger charge is -2.37. The first-order valence-electron chi connectivity index (χ1n) is 8.12. The van der Waals surface area contributed by atoms with Crippen LogP contribution in [-0.4, -0.2) is 36.2 Å². The number of ether oxygens (including phenoxy) is 1. The molecule has 0 radical (unpaired) electrons. The standard InChI is InChI=1S/C16H27NO4/c1-21-16(10-6-3-7-11-16)13(18)17-12-15(14(19)20)8-4-2-5-9-15/h2-12H2,1H3,(H,17,18)(H,19,20). The van der Waals surface area contributed by atoms with Crippen LogP contribution in [0.25, 0.3) is 0 Å². The van der Waals surface area contributed by atoms with Crippen molar-refractivity contribution in [3.05, 3.63) is 0 Å². The summed E-state index contributed by atoms with van der Waals surface area (Å²) in [6, 6.07) is 0. The number of amides is 1. The first-order valence-corrected chi connectivity index (χ1v) is 8.12. The minimum atomic E-state index is -0.780. The first-order chi connectivity index (χ1) is 10.0. The summed E-state index contributed by atoms with van der Waals surface area (Å²) in [4.78, 5) is 24.2. The number of methoxy groups -OCH3 is 1. The summed E-state index contributed by atoms with van der Waals surface area (Å²) < 4.78 is 5.51. The Labute approximate surface area is 126 Å². The first kappa shape index (κ1) is 16.3. The van der Waals surface area contributed by atoms with E-state index in [0.717, 1.165) is 51.4 Å². The number of aliphatic carboxylic acids is 1. The zero-order valence-corrected chi connectivity index (χ0v) is 13.0. The molecular formula is C16H27NO4. The molecule has 2 aliphatic carbocycles. The van der Waals surface area contributed by atoms with Gasteiger partial charge < -0.3 is 15.2 Å². The lowest BCUT2D eigenvalue weighted by molar-refractivity contribution is -0.153. The molecule has 0 saturated heterocycles. The van der Waals surface area contributed by atoms with Crippen molar-refractivity contribution < 1.29 is 19.4 Å². The Bertz CT molecular complexity index is 382. The predicted molar refractivity (Wildman–Crippen MR) is 79.0 cm³/mol. The number of carboxylic acid groups (broad SMARTS) is 1. The number of carboxylic acids is 1. The van der Waals surface area contributed by atoms with E-state index in [1.165, 1.54) is 0 Å². The van der Waals surface area contributed by atoms with Gasteiger partial charge in [0.1, 0.15) is 5.60 Å². The molecule has 2 saturated carbocycles. The third kappa shape index (κ3) is 3.39. The molecule has 0 bridgehead atoms. The van der Waals surface area contributed by atoms with Crippen molar-refractivity contribution >= 4 is 11.9 Å². The van der Waals surface area contributed by atoms with E-state index in [1.54, 1.807) is 7.11 Å². The molecule has 1 amide bonds. The minimum absolute atomic E-state index is 0.129. The summed E-state index contributed by atoms with van der Waals surface area (Å²) in [5.74, 6) is -0.909. The van der Waals surface area contributed by atoms with Gasteiger partial charge in [-0.1, -0.05) is 38.5 Å². The Morgan fingerprint density at radius 1 is 1.00 bits per heavy atom. The Morgan fingerprint density at radius 2 is 1.52 bits per heavy atom. The van der Waals surface area contributed by atoms with E-state index in [-0.39, 0.29) is 12.5 Å². The third-order valence-corrected chi connectivity index (χ3v) is 5.32. The zero-order valence-electron chi connectivity index (χ0n) is 13.0. The lowest BCUT2D eigenvalue weighted by atomic mass is 9.73. The number of hydrogen-bond acceptors (Lipinski definition) is 3. The molecule has 2 fully saturated rings. The van der Waals surface area contributed by atoms with Gasteiger partial charge in [0, 0.05) is 13.7 Å². The van der Waals surface area contributed by atoms with E-state index < -0.39 is 17.0 Å². The summed E-state index contributed by atoms with van der Waals surface area (Å²) in [6.07, 6.45) is 8.84. The average molecular weight is 297 g/mol. The van der Waals surface area contributed by atoms with Crippen molar-refractivity contribution in [2.75, 3.05) is 13.7 Å². The largest absolute Gasteiger partial charge is 0.481 e. The van der Waals surface area contributed by atoms with Gasteiger partial charge in [-0.05, 0) is 25.7 Å². The molecule has 5 heteroatoms. The molecule has 2 aliphatic rings. The molecular weight excluding hydrogens is 270 g/mol. The van der Waals surface area contributed by atoms with Gasteiger partial charge in [0.25, 0.3) is 5.91 Å². The van der Waals surface area contributed by atoms with E-state index >= 15 is 0 Å². The molecule has 2 rings (SSSR count). The highest BCUT2D eigenvalue weighted by Gasteiger charge is 2.43. The second kappa shape index (κ2) is 6.77. The van der Waals surface area contributed by atoms with Crippen LogP contribution in [0.3, 0.4) is 0 Å². The molecule has 2 N–H and O–H groups in total. The molecule has 0 aromatic heterocycles. The Hall–Kier alpha value is -1.10. The quantitative estimate of drug-likeness (QED) is 0.817. The van der Waals surface area contributed by atoms with E-state index in [2.05, 4.69) is 5.32 Å². The van der Waals surface area contributed by atoms with Gasteiger partial charge in [0.05, 0.1) is 5.41 Å². The molecule has 0 aromatic rings. The normalized spacial score (nSPS) is 24.2. The molecule has 0 spiro atoms. The van der Waals surface area contributed by atoms with Crippen LogP contribution in [0.2, 0.25) is 0 Å². The molecule has 5 nitrogen and oxygen atoms in total. The molecule has 120 valence electrons. The van der Waals surface area contributed by atoms with Crippen LogP contribution in [-0.2, 0) is 14.3 Å². The van der Waals surface area contributed by atoms with Crippen molar-refractivity contribution in [1.82, 2.24) is 5.32 Å². The highest BCUT2D eigenvalue weighted by Crippen LogP contribution is 2.37. The highest BCUT2D eigenvalue weighted by molar-refractivity contribution is 5.86. The van der Waals surface area contributed by atoms with Crippen molar-refractivity contribution in [3.8, 4) is 0 Å². The summed E-state index contributed by atoms with van der Waals surface area (Å²) in [6.45, 7) is 0.228. The van der Waals surface area contributed by atoms with Gasteiger partial charge in [-0.3, -0.25) is 9.59 Å². The number of hydrogen-bond donors (Lipinski definition) is 2. The molecule has 0 heterocycles. The summed E-state index contributed by atoms with van der Waals surface area (Å²) >= 11 is 0. The van der Waals surface area contributed by atoms with E-state index in [1.807, 2.05) is 0 Å². The van der Waals surface area contributed by atoms with Gasteiger partial charge in [0.15, 0.2) is 0 Å². The van der Waals surface area contributed by atoms with Gasteiger partial charge in [-0.2, -0.15) is 0 Å². The fourth-order valence-corrected chi connectivity index (χ4v) is 3.75. The predicted octanol–water partition coefficient (Wildman–Crippen LogP) is 2.49. The molecule has 0 aliphatic heterocycles. The zero-order chi connectivity index (χ0) is 15.3. The van der Waals surface area contributed by atoms with Crippen molar-refractivity contribution in [1.29, 1.82) is 0 Å². The van der Waals surface area contributed by atoms with Crippen LogP contribution < -0.4 is 5.32 Å². The van der Waals surface area contributed by atoms with E-state index in [9.17, 15) is 14.7 Å². The van der Waals surface area contributed by atoms with Crippen molar-refractivity contribution in [2.45, 2.75) is 69.8 Å².